The first kappa shape index (κ1) is 23.0. The molecule has 0 N–H and O–H groups in total. The summed E-state index contributed by atoms with van der Waals surface area (Å²) in [6, 6.07) is 29.1. The van der Waals surface area contributed by atoms with E-state index in [0.29, 0.717) is 0 Å². The number of rotatable bonds is 4. The highest BCUT2D eigenvalue weighted by Crippen LogP contribution is 2.50. The molecule has 180 valence electrons. The number of thiazole rings is 1. The SMILES string of the molecule is Cc1ccc(N=c2scc(C3(c4ccc5ccccc5c4)CCC3)n2-c2ccc(C)cc2C)c(C)c1. The molecule has 1 heterocycles. The summed E-state index contributed by atoms with van der Waals surface area (Å²) in [5.41, 5.74) is 10.1. The van der Waals surface area contributed by atoms with Crippen LogP contribution >= 0.6 is 11.3 Å². The Hall–Kier alpha value is -3.43. The molecule has 1 fully saturated rings. The molecule has 5 aromatic rings. The predicted molar refractivity (Wildman–Crippen MR) is 153 cm³/mol. The van der Waals surface area contributed by atoms with E-state index in [9.17, 15) is 0 Å². The second-order valence-electron chi connectivity index (χ2n) is 10.4. The van der Waals surface area contributed by atoms with Crippen molar-refractivity contribution in [1.29, 1.82) is 0 Å². The van der Waals surface area contributed by atoms with Gasteiger partial charge in [0, 0.05) is 16.5 Å². The van der Waals surface area contributed by atoms with Gasteiger partial charge in [-0.05, 0) is 80.1 Å². The highest BCUT2D eigenvalue weighted by Gasteiger charge is 2.43. The third-order valence-electron chi connectivity index (χ3n) is 7.87. The van der Waals surface area contributed by atoms with Crippen molar-refractivity contribution in [2.75, 3.05) is 0 Å². The van der Waals surface area contributed by atoms with Crippen molar-refractivity contribution in [2.45, 2.75) is 52.4 Å². The summed E-state index contributed by atoms with van der Waals surface area (Å²) in [5, 5.41) is 4.99. The first-order valence-electron chi connectivity index (χ1n) is 12.8. The number of aromatic nitrogens is 1. The summed E-state index contributed by atoms with van der Waals surface area (Å²) in [5.74, 6) is 0. The van der Waals surface area contributed by atoms with E-state index in [1.807, 2.05) is 0 Å². The van der Waals surface area contributed by atoms with Crippen LogP contribution in [0.1, 0.15) is 52.8 Å². The predicted octanol–water partition coefficient (Wildman–Crippen LogP) is 8.63. The van der Waals surface area contributed by atoms with Gasteiger partial charge in [-0.15, -0.1) is 11.3 Å². The van der Waals surface area contributed by atoms with Crippen LogP contribution in [0.2, 0.25) is 0 Å². The van der Waals surface area contributed by atoms with Crippen LogP contribution in [0.4, 0.5) is 5.69 Å². The lowest BCUT2D eigenvalue weighted by Gasteiger charge is -2.43. The lowest BCUT2D eigenvalue weighted by Crippen LogP contribution is -2.38. The molecule has 4 aromatic carbocycles. The molecule has 0 aliphatic heterocycles. The Labute approximate surface area is 217 Å². The Morgan fingerprint density at radius 2 is 1.47 bits per heavy atom. The molecule has 1 aromatic heterocycles. The van der Waals surface area contributed by atoms with Gasteiger partial charge in [0.15, 0.2) is 4.80 Å². The number of fused-ring (bicyclic) bond motifs is 1. The van der Waals surface area contributed by atoms with Crippen LogP contribution in [-0.4, -0.2) is 4.57 Å². The van der Waals surface area contributed by atoms with Crippen molar-refractivity contribution in [3.63, 3.8) is 0 Å². The fourth-order valence-corrected chi connectivity index (χ4v) is 6.75. The molecule has 0 atom stereocenters. The zero-order valence-electron chi connectivity index (χ0n) is 21.5. The second kappa shape index (κ2) is 8.90. The maximum absolute atomic E-state index is 5.24. The third kappa shape index (κ3) is 3.83. The van der Waals surface area contributed by atoms with Crippen LogP contribution in [0, 0.1) is 27.7 Å². The molecule has 1 aliphatic carbocycles. The minimum absolute atomic E-state index is 0.00789. The number of aryl methyl sites for hydroxylation is 4. The molecule has 1 saturated carbocycles. The van der Waals surface area contributed by atoms with Gasteiger partial charge in [0.2, 0.25) is 0 Å². The van der Waals surface area contributed by atoms with Gasteiger partial charge in [-0.25, -0.2) is 4.99 Å². The lowest BCUT2D eigenvalue weighted by atomic mass is 9.62. The van der Waals surface area contributed by atoms with Crippen molar-refractivity contribution in [3.8, 4) is 5.69 Å². The molecule has 0 bridgehead atoms. The first-order valence-corrected chi connectivity index (χ1v) is 13.7. The van der Waals surface area contributed by atoms with Crippen LogP contribution < -0.4 is 4.80 Å². The molecule has 2 nitrogen and oxygen atoms in total. The van der Waals surface area contributed by atoms with Crippen LogP contribution in [0.5, 0.6) is 0 Å². The van der Waals surface area contributed by atoms with E-state index in [0.717, 1.165) is 23.3 Å². The van der Waals surface area contributed by atoms with Crippen LogP contribution in [0.25, 0.3) is 16.5 Å². The zero-order valence-corrected chi connectivity index (χ0v) is 22.3. The molecular formula is C33H32N2S. The molecule has 36 heavy (non-hydrogen) atoms. The number of hydrogen-bond donors (Lipinski definition) is 0. The van der Waals surface area contributed by atoms with Gasteiger partial charge in [-0.1, -0.05) is 84.3 Å². The molecular weight excluding hydrogens is 456 g/mol. The van der Waals surface area contributed by atoms with E-state index in [2.05, 4.69) is 117 Å². The van der Waals surface area contributed by atoms with E-state index in [1.165, 1.54) is 56.4 Å². The van der Waals surface area contributed by atoms with Gasteiger partial charge in [0.25, 0.3) is 0 Å². The molecule has 6 rings (SSSR count). The molecule has 3 heteroatoms. The largest absolute Gasteiger partial charge is 0.288 e. The normalized spacial score (nSPS) is 15.3. The van der Waals surface area contributed by atoms with Crippen molar-refractivity contribution < 1.29 is 0 Å². The Bertz CT molecular complexity index is 1660. The smallest absolute Gasteiger partial charge is 0.194 e. The summed E-state index contributed by atoms with van der Waals surface area (Å²) in [4.78, 5) is 6.28. The minimum Gasteiger partial charge on any atom is -0.288 e. The van der Waals surface area contributed by atoms with E-state index in [4.69, 9.17) is 4.99 Å². The molecule has 1 aliphatic rings. The van der Waals surface area contributed by atoms with Crippen LogP contribution in [0.3, 0.4) is 0 Å². The molecule has 0 radical (unpaired) electrons. The Kier molecular flexibility index (Phi) is 5.69. The highest BCUT2D eigenvalue weighted by atomic mass is 32.1. The average Bonchev–Trinajstić information content (AvgIpc) is 3.23. The average molecular weight is 489 g/mol. The Morgan fingerprint density at radius 1 is 0.750 bits per heavy atom. The van der Waals surface area contributed by atoms with Gasteiger partial charge in [0.1, 0.15) is 0 Å². The zero-order chi connectivity index (χ0) is 24.9. The Balaban J connectivity index is 1.61. The number of hydrogen-bond acceptors (Lipinski definition) is 2. The highest BCUT2D eigenvalue weighted by molar-refractivity contribution is 7.07. The van der Waals surface area contributed by atoms with E-state index in [1.54, 1.807) is 11.3 Å². The van der Waals surface area contributed by atoms with Gasteiger partial charge < -0.3 is 0 Å². The molecule has 0 amide bonds. The lowest BCUT2D eigenvalue weighted by molar-refractivity contribution is 0.290. The maximum atomic E-state index is 5.24. The summed E-state index contributed by atoms with van der Waals surface area (Å²) >= 11 is 1.76. The first-order chi connectivity index (χ1) is 17.4. The minimum atomic E-state index is 0.00789. The number of nitrogens with zero attached hydrogens (tertiary/aromatic N) is 2. The Morgan fingerprint density at radius 3 is 2.17 bits per heavy atom. The van der Waals surface area contributed by atoms with Crippen molar-refractivity contribution in [2.24, 2.45) is 4.99 Å². The van der Waals surface area contributed by atoms with E-state index >= 15 is 0 Å². The maximum Gasteiger partial charge on any atom is 0.194 e. The summed E-state index contributed by atoms with van der Waals surface area (Å²) in [7, 11) is 0. The van der Waals surface area contributed by atoms with E-state index < -0.39 is 0 Å². The van der Waals surface area contributed by atoms with Gasteiger partial charge in [-0.2, -0.15) is 0 Å². The summed E-state index contributed by atoms with van der Waals surface area (Å²) in [6.45, 7) is 8.69. The van der Waals surface area contributed by atoms with Crippen LogP contribution in [0.15, 0.2) is 89.2 Å². The quantitative estimate of drug-likeness (QED) is 0.241. The van der Waals surface area contributed by atoms with Gasteiger partial charge in [0.05, 0.1) is 11.4 Å². The summed E-state index contributed by atoms with van der Waals surface area (Å²) < 4.78 is 2.45. The van der Waals surface area contributed by atoms with Gasteiger partial charge in [-0.3, -0.25) is 4.57 Å². The van der Waals surface area contributed by atoms with E-state index in [-0.39, 0.29) is 5.41 Å². The standard InChI is InChI=1S/C33H32N2S/c1-22-10-14-29(24(3)18-22)34-32-35(30-15-11-23(2)19-25(30)4)31(21-36-32)33(16-7-17-33)28-13-12-26-8-5-6-9-27(26)20-28/h5-6,8-15,18-21H,7,16-17H2,1-4H3. The van der Waals surface area contributed by atoms with Crippen molar-refractivity contribution in [1.82, 2.24) is 4.57 Å². The van der Waals surface area contributed by atoms with Gasteiger partial charge >= 0.3 is 0 Å². The topological polar surface area (TPSA) is 17.3 Å². The molecule has 0 spiro atoms. The number of benzene rings is 4. The van der Waals surface area contributed by atoms with Crippen LogP contribution in [-0.2, 0) is 5.41 Å². The molecule has 0 unspecified atom stereocenters. The second-order valence-corrected chi connectivity index (χ2v) is 11.3. The monoisotopic (exact) mass is 488 g/mol. The molecule has 0 saturated heterocycles. The third-order valence-corrected chi connectivity index (χ3v) is 8.70. The fourth-order valence-electron chi connectivity index (χ4n) is 5.75. The van der Waals surface area contributed by atoms with Crippen molar-refractivity contribution >= 4 is 27.8 Å². The van der Waals surface area contributed by atoms with Crippen molar-refractivity contribution in [3.05, 3.63) is 123 Å². The fraction of sp³-hybridized carbons (Fsp3) is 0.242. The summed E-state index contributed by atoms with van der Waals surface area (Å²) in [6.07, 6.45) is 3.57.